The molecule has 1 aliphatic heterocycles. The highest BCUT2D eigenvalue weighted by molar-refractivity contribution is 14.1. The molecule has 1 aromatic carbocycles. The lowest BCUT2D eigenvalue weighted by Gasteiger charge is -2.27. The Hall–Kier alpha value is -1.54. The van der Waals surface area contributed by atoms with Gasteiger partial charge >= 0.3 is 0 Å². The third-order valence-electron chi connectivity index (χ3n) is 3.83. The summed E-state index contributed by atoms with van der Waals surface area (Å²) >= 11 is 2.07. The zero-order valence-electron chi connectivity index (χ0n) is 12.5. The van der Waals surface area contributed by atoms with E-state index >= 15 is 0 Å². The second-order valence-electron chi connectivity index (χ2n) is 5.35. The van der Waals surface area contributed by atoms with Gasteiger partial charge in [0.1, 0.15) is 5.82 Å². The summed E-state index contributed by atoms with van der Waals surface area (Å²) in [5.41, 5.74) is 1.89. The molecule has 0 N–H and O–H groups in total. The van der Waals surface area contributed by atoms with Gasteiger partial charge in [0.05, 0.1) is 13.2 Å². The Morgan fingerprint density at radius 2 is 2.04 bits per heavy atom. The van der Waals surface area contributed by atoms with Gasteiger partial charge in [0.25, 0.3) is 5.91 Å². The van der Waals surface area contributed by atoms with Gasteiger partial charge < -0.3 is 9.64 Å². The van der Waals surface area contributed by atoms with Gasteiger partial charge in [-0.25, -0.2) is 4.39 Å². The number of nitrogens with zero attached hydrogens (tertiary/aromatic N) is 2. The third-order valence-corrected chi connectivity index (χ3v) is 4.50. The number of rotatable bonds is 3. The molecule has 1 aliphatic rings. The van der Waals surface area contributed by atoms with Crippen molar-refractivity contribution in [3.05, 3.63) is 62.7 Å². The standard InChI is InChI=1S/C17H16FIN2O2/c18-16-10-14(19)2-1-12(16)9-13-11-20-4-3-15(13)17(22)21-5-7-23-8-6-21/h1-4,10-11H,5-9H2. The van der Waals surface area contributed by atoms with Gasteiger partial charge in [0, 0.05) is 41.0 Å². The summed E-state index contributed by atoms with van der Waals surface area (Å²) in [4.78, 5) is 18.6. The molecule has 3 rings (SSSR count). The summed E-state index contributed by atoms with van der Waals surface area (Å²) in [5, 5.41) is 0. The zero-order valence-corrected chi connectivity index (χ0v) is 14.6. The molecule has 0 bridgehead atoms. The van der Waals surface area contributed by atoms with Crippen molar-refractivity contribution in [1.29, 1.82) is 0 Å². The molecular formula is C17H16FIN2O2. The van der Waals surface area contributed by atoms with Crippen molar-refractivity contribution in [1.82, 2.24) is 9.88 Å². The number of ether oxygens (including phenoxy) is 1. The summed E-state index contributed by atoms with van der Waals surface area (Å²) < 4.78 is 20.2. The maximum atomic E-state index is 14.1. The minimum atomic E-state index is -0.259. The third kappa shape index (κ3) is 3.87. The lowest BCUT2D eigenvalue weighted by molar-refractivity contribution is 0.0302. The molecule has 120 valence electrons. The molecule has 0 unspecified atom stereocenters. The Kier molecular flexibility index (Phi) is 5.22. The molecule has 1 aromatic heterocycles. The van der Waals surface area contributed by atoms with Crippen LogP contribution in [-0.4, -0.2) is 42.1 Å². The second kappa shape index (κ2) is 7.35. The van der Waals surface area contributed by atoms with E-state index in [2.05, 4.69) is 27.6 Å². The van der Waals surface area contributed by atoms with Crippen LogP contribution in [0.3, 0.4) is 0 Å². The van der Waals surface area contributed by atoms with E-state index in [9.17, 15) is 9.18 Å². The molecule has 0 aliphatic carbocycles. The van der Waals surface area contributed by atoms with Gasteiger partial charge in [-0.05, 0) is 51.9 Å². The van der Waals surface area contributed by atoms with E-state index in [1.807, 2.05) is 6.07 Å². The number of aromatic nitrogens is 1. The van der Waals surface area contributed by atoms with E-state index in [-0.39, 0.29) is 11.7 Å². The van der Waals surface area contributed by atoms with Crippen molar-refractivity contribution in [2.24, 2.45) is 0 Å². The molecule has 4 nitrogen and oxygen atoms in total. The van der Waals surface area contributed by atoms with Crippen LogP contribution in [0, 0.1) is 9.39 Å². The highest BCUT2D eigenvalue weighted by atomic mass is 127. The molecule has 1 saturated heterocycles. The number of halogens is 2. The monoisotopic (exact) mass is 426 g/mol. The van der Waals surface area contributed by atoms with Gasteiger partial charge in [-0.1, -0.05) is 6.07 Å². The number of carbonyl (C=O) groups excluding carboxylic acids is 1. The first-order chi connectivity index (χ1) is 11.1. The van der Waals surface area contributed by atoms with Crippen LogP contribution in [0.25, 0.3) is 0 Å². The number of hydrogen-bond acceptors (Lipinski definition) is 3. The number of benzene rings is 1. The topological polar surface area (TPSA) is 42.4 Å². The van der Waals surface area contributed by atoms with Gasteiger partial charge in [-0.2, -0.15) is 0 Å². The number of hydrogen-bond donors (Lipinski definition) is 0. The van der Waals surface area contributed by atoms with Crippen molar-refractivity contribution in [2.75, 3.05) is 26.3 Å². The Morgan fingerprint density at radius 1 is 1.26 bits per heavy atom. The smallest absolute Gasteiger partial charge is 0.254 e. The quantitative estimate of drug-likeness (QED) is 0.710. The summed E-state index contributed by atoms with van der Waals surface area (Å²) in [6.45, 7) is 2.27. The highest BCUT2D eigenvalue weighted by Crippen LogP contribution is 2.19. The first-order valence-corrected chi connectivity index (χ1v) is 8.47. The Bertz CT molecular complexity index is 717. The normalized spacial score (nSPS) is 14.8. The van der Waals surface area contributed by atoms with Crippen LogP contribution in [0.1, 0.15) is 21.5 Å². The molecule has 1 fully saturated rings. The van der Waals surface area contributed by atoms with E-state index in [0.717, 1.165) is 9.13 Å². The summed E-state index contributed by atoms with van der Waals surface area (Å²) in [7, 11) is 0. The van der Waals surface area contributed by atoms with E-state index in [1.165, 1.54) is 6.07 Å². The van der Waals surface area contributed by atoms with Crippen molar-refractivity contribution in [3.63, 3.8) is 0 Å². The molecule has 0 spiro atoms. The average Bonchev–Trinajstić information content (AvgIpc) is 2.58. The predicted molar refractivity (Wildman–Crippen MR) is 92.9 cm³/mol. The zero-order chi connectivity index (χ0) is 16.2. The van der Waals surface area contributed by atoms with Crippen LogP contribution in [0.15, 0.2) is 36.7 Å². The minimum Gasteiger partial charge on any atom is -0.378 e. The Balaban J connectivity index is 1.86. The molecule has 2 heterocycles. The minimum absolute atomic E-state index is 0.0448. The lowest BCUT2D eigenvalue weighted by Crippen LogP contribution is -2.41. The number of carbonyl (C=O) groups is 1. The molecule has 0 radical (unpaired) electrons. The van der Waals surface area contributed by atoms with Gasteiger partial charge in [-0.15, -0.1) is 0 Å². The highest BCUT2D eigenvalue weighted by Gasteiger charge is 2.21. The number of morpholine rings is 1. The summed E-state index contributed by atoms with van der Waals surface area (Å²) in [6, 6.07) is 6.82. The summed E-state index contributed by atoms with van der Waals surface area (Å²) in [5.74, 6) is -0.304. The molecule has 6 heteroatoms. The Morgan fingerprint density at radius 3 is 2.78 bits per heavy atom. The molecular weight excluding hydrogens is 410 g/mol. The largest absolute Gasteiger partial charge is 0.378 e. The van der Waals surface area contributed by atoms with E-state index in [1.54, 1.807) is 29.4 Å². The van der Waals surface area contributed by atoms with Crippen LogP contribution in [0.4, 0.5) is 4.39 Å². The fourth-order valence-electron chi connectivity index (χ4n) is 2.58. The first-order valence-electron chi connectivity index (χ1n) is 7.39. The Labute approximate surface area is 147 Å². The van der Waals surface area contributed by atoms with E-state index < -0.39 is 0 Å². The molecule has 0 saturated carbocycles. The molecule has 1 amide bonds. The van der Waals surface area contributed by atoms with Crippen molar-refractivity contribution < 1.29 is 13.9 Å². The van der Waals surface area contributed by atoms with Crippen LogP contribution in [0.5, 0.6) is 0 Å². The maximum absolute atomic E-state index is 14.1. The van der Waals surface area contributed by atoms with Crippen LogP contribution in [0.2, 0.25) is 0 Å². The number of pyridine rings is 1. The predicted octanol–water partition coefficient (Wildman–Crippen LogP) is 2.89. The van der Waals surface area contributed by atoms with Gasteiger partial charge in [0.15, 0.2) is 0 Å². The van der Waals surface area contributed by atoms with Crippen molar-refractivity contribution in [3.8, 4) is 0 Å². The van der Waals surface area contributed by atoms with Gasteiger partial charge in [-0.3, -0.25) is 9.78 Å². The van der Waals surface area contributed by atoms with Crippen LogP contribution < -0.4 is 0 Å². The van der Waals surface area contributed by atoms with Crippen LogP contribution in [-0.2, 0) is 11.2 Å². The average molecular weight is 426 g/mol. The fraction of sp³-hybridized carbons (Fsp3) is 0.294. The van der Waals surface area contributed by atoms with E-state index in [0.29, 0.717) is 43.9 Å². The first kappa shape index (κ1) is 16.3. The van der Waals surface area contributed by atoms with Crippen molar-refractivity contribution in [2.45, 2.75) is 6.42 Å². The molecule has 23 heavy (non-hydrogen) atoms. The summed E-state index contributed by atoms with van der Waals surface area (Å²) in [6.07, 6.45) is 3.59. The van der Waals surface area contributed by atoms with E-state index in [4.69, 9.17) is 4.74 Å². The SMILES string of the molecule is O=C(c1ccncc1Cc1ccc(I)cc1F)N1CCOCC1. The number of amides is 1. The fourth-order valence-corrected chi connectivity index (χ4v) is 3.04. The molecule has 2 aromatic rings. The second-order valence-corrected chi connectivity index (χ2v) is 6.60. The maximum Gasteiger partial charge on any atom is 0.254 e. The molecule has 0 atom stereocenters. The lowest BCUT2D eigenvalue weighted by atomic mass is 10.0. The van der Waals surface area contributed by atoms with Crippen LogP contribution >= 0.6 is 22.6 Å². The van der Waals surface area contributed by atoms with Gasteiger partial charge in [0.2, 0.25) is 0 Å². The van der Waals surface area contributed by atoms with Crippen molar-refractivity contribution >= 4 is 28.5 Å².